The minimum Gasteiger partial charge on any atom is -0.338 e. The molecule has 0 spiro atoms. The summed E-state index contributed by atoms with van der Waals surface area (Å²) in [5.74, 6) is 0.908. The fourth-order valence-electron chi connectivity index (χ4n) is 2.08. The average molecular weight is 301 g/mol. The number of rotatable bonds is 1. The maximum absolute atomic E-state index is 4.64. The number of aromatic nitrogens is 2. The summed E-state index contributed by atoms with van der Waals surface area (Å²) in [5, 5.41) is 0. The van der Waals surface area contributed by atoms with Gasteiger partial charge in [-0.25, -0.2) is 4.98 Å². The number of aryl methyl sites for hydroxylation is 2. The molecule has 0 bridgehead atoms. The predicted octanol–water partition coefficient (Wildman–Crippen LogP) is 4.61. The molecule has 3 rings (SSSR count). The summed E-state index contributed by atoms with van der Waals surface area (Å²) < 4.78 is 1.10. The van der Waals surface area contributed by atoms with Crippen LogP contribution in [0.3, 0.4) is 0 Å². The minimum atomic E-state index is 0.908. The van der Waals surface area contributed by atoms with Gasteiger partial charge in [0.05, 0.1) is 11.0 Å². The van der Waals surface area contributed by atoms with E-state index in [1.165, 1.54) is 11.1 Å². The smallest absolute Gasteiger partial charge is 0.139 e. The molecule has 2 aromatic carbocycles. The van der Waals surface area contributed by atoms with Crippen LogP contribution in [-0.2, 0) is 0 Å². The van der Waals surface area contributed by atoms with Crippen LogP contribution in [0.5, 0.6) is 0 Å². The summed E-state index contributed by atoms with van der Waals surface area (Å²) in [6.45, 7) is 4.17. The highest BCUT2D eigenvalue weighted by molar-refractivity contribution is 9.10. The van der Waals surface area contributed by atoms with Crippen LogP contribution in [0.4, 0.5) is 0 Å². The van der Waals surface area contributed by atoms with E-state index in [-0.39, 0.29) is 0 Å². The maximum atomic E-state index is 4.64. The lowest BCUT2D eigenvalue weighted by Crippen LogP contribution is -1.84. The number of fused-ring (bicyclic) bond motifs is 1. The Labute approximate surface area is 114 Å². The first-order valence-corrected chi connectivity index (χ1v) is 6.66. The van der Waals surface area contributed by atoms with Crippen molar-refractivity contribution in [2.24, 2.45) is 0 Å². The molecule has 0 aliphatic rings. The van der Waals surface area contributed by atoms with E-state index in [1.807, 2.05) is 12.1 Å². The number of H-pyrrole nitrogens is 1. The van der Waals surface area contributed by atoms with Gasteiger partial charge in [0, 0.05) is 10.0 Å². The van der Waals surface area contributed by atoms with E-state index in [2.05, 4.69) is 64.0 Å². The SMILES string of the molecule is Cc1ccc2nc(-c3cccc(C)c3Br)[nH]c2c1. The molecule has 0 atom stereocenters. The summed E-state index contributed by atoms with van der Waals surface area (Å²) in [4.78, 5) is 8.02. The van der Waals surface area contributed by atoms with Crippen LogP contribution in [0.15, 0.2) is 40.9 Å². The van der Waals surface area contributed by atoms with Crippen molar-refractivity contribution in [3.05, 3.63) is 52.0 Å². The molecule has 0 saturated heterocycles. The van der Waals surface area contributed by atoms with Crippen molar-refractivity contribution < 1.29 is 0 Å². The number of hydrogen-bond donors (Lipinski definition) is 1. The molecule has 3 heteroatoms. The zero-order valence-corrected chi connectivity index (χ0v) is 11.9. The van der Waals surface area contributed by atoms with Gasteiger partial charge in [0.1, 0.15) is 5.82 Å². The predicted molar refractivity (Wildman–Crippen MR) is 78.7 cm³/mol. The highest BCUT2D eigenvalue weighted by Crippen LogP contribution is 2.30. The molecule has 0 saturated carbocycles. The number of aromatic amines is 1. The van der Waals surface area contributed by atoms with Gasteiger partial charge in [-0.05, 0) is 53.0 Å². The van der Waals surface area contributed by atoms with Crippen LogP contribution in [-0.4, -0.2) is 9.97 Å². The summed E-state index contributed by atoms with van der Waals surface area (Å²) in [6, 6.07) is 12.5. The Morgan fingerprint density at radius 3 is 2.78 bits per heavy atom. The van der Waals surface area contributed by atoms with Gasteiger partial charge in [0.25, 0.3) is 0 Å². The van der Waals surface area contributed by atoms with Crippen LogP contribution in [0.2, 0.25) is 0 Å². The second kappa shape index (κ2) is 4.25. The Bertz CT molecular complexity index is 728. The zero-order chi connectivity index (χ0) is 12.7. The van der Waals surface area contributed by atoms with Gasteiger partial charge in [-0.2, -0.15) is 0 Å². The molecule has 0 radical (unpaired) electrons. The fourth-order valence-corrected chi connectivity index (χ4v) is 2.53. The standard InChI is InChI=1S/C15H13BrN2/c1-9-6-7-12-13(8-9)18-15(17-12)11-5-3-4-10(2)14(11)16/h3-8H,1-2H3,(H,17,18). The summed E-state index contributed by atoms with van der Waals surface area (Å²) in [5.41, 5.74) is 5.64. The Hall–Kier alpha value is -1.61. The first kappa shape index (κ1) is 11.5. The Morgan fingerprint density at radius 1 is 1.11 bits per heavy atom. The average Bonchev–Trinajstić information content (AvgIpc) is 2.75. The van der Waals surface area contributed by atoms with Crippen LogP contribution in [0.1, 0.15) is 11.1 Å². The van der Waals surface area contributed by atoms with Crippen molar-refractivity contribution in [1.29, 1.82) is 0 Å². The second-order valence-corrected chi connectivity index (χ2v) is 5.34. The summed E-state index contributed by atoms with van der Waals surface area (Å²) >= 11 is 3.63. The van der Waals surface area contributed by atoms with Crippen LogP contribution < -0.4 is 0 Å². The van der Waals surface area contributed by atoms with Gasteiger partial charge in [0.2, 0.25) is 0 Å². The molecule has 1 N–H and O–H groups in total. The van der Waals surface area contributed by atoms with E-state index in [0.717, 1.165) is 26.9 Å². The lowest BCUT2D eigenvalue weighted by atomic mass is 10.1. The molecule has 90 valence electrons. The highest BCUT2D eigenvalue weighted by atomic mass is 79.9. The molecule has 1 heterocycles. The molecule has 0 fully saturated rings. The van der Waals surface area contributed by atoms with Crippen molar-refractivity contribution in [1.82, 2.24) is 9.97 Å². The number of imidazole rings is 1. The van der Waals surface area contributed by atoms with E-state index in [0.29, 0.717) is 0 Å². The van der Waals surface area contributed by atoms with Gasteiger partial charge in [-0.1, -0.05) is 24.3 Å². The van der Waals surface area contributed by atoms with Gasteiger partial charge >= 0.3 is 0 Å². The molecular formula is C15H13BrN2. The van der Waals surface area contributed by atoms with Gasteiger partial charge < -0.3 is 4.98 Å². The Kier molecular flexibility index (Phi) is 2.71. The summed E-state index contributed by atoms with van der Waals surface area (Å²) in [7, 11) is 0. The zero-order valence-electron chi connectivity index (χ0n) is 10.3. The molecule has 0 amide bonds. The Morgan fingerprint density at radius 2 is 1.94 bits per heavy atom. The number of halogens is 1. The van der Waals surface area contributed by atoms with Gasteiger partial charge in [-0.3, -0.25) is 0 Å². The van der Waals surface area contributed by atoms with Crippen molar-refractivity contribution in [3.8, 4) is 11.4 Å². The third-order valence-electron chi connectivity index (χ3n) is 3.08. The van der Waals surface area contributed by atoms with Gasteiger partial charge in [0.15, 0.2) is 0 Å². The molecule has 18 heavy (non-hydrogen) atoms. The molecule has 0 aliphatic heterocycles. The normalized spacial score (nSPS) is 11.1. The molecule has 1 aromatic heterocycles. The molecule has 0 unspecified atom stereocenters. The lowest BCUT2D eigenvalue weighted by Gasteiger charge is -2.03. The first-order valence-electron chi connectivity index (χ1n) is 5.87. The topological polar surface area (TPSA) is 28.7 Å². The molecular weight excluding hydrogens is 288 g/mol. The number of hydrogen-bond acceptors (Lipinski definition) is 1. The van der Waals surface area contributed by atoms with Crippen LogP contribution in [0.25, 0.3) is 22.4 Å². The van der Waals surface area contributed by atoms with Crippen molar-refractivity contribution >= 4 is 27.0 Å². The van der Waals surface area contributed by atoms with Crippen molar-refractivity contribution in [2.45, 2.75) is 13.8 Å². The lowest BCUT2D eigenvalue weighted by molar-refractivity contribution is 1.31. The summed E-state index contributed by atoms with van der Waals surface area (Å²) in [6.07, 6.45) is 0. The van der Waals surface area contributed by atoms with E-state index in [4.69, 9.17) is 0 Å². The van der Waals surface area contributed by atoms with Crippen LogP contribution in [0, 0.1) is 13.8 Å². The van der Waals surface area contributed by atoms with E-state index in [9.17, 15) is 0 Å². The first-order chi connectivity index (χ1) is 8.65. The number of nitrogens with zero attached hydrogens (tertiary/aromatic N) is 1. The highest BCUT2D eigenvalue weighted by Gasteiger charge is 2.09. The Balaban J connectivity index is 2.22. The number of nitrogens with one attached hydrogen (secondary N) is 1. The largest absolute Gasteiger partial charge is 0.338 e. The third-order valence-corrected chi connectivity index (χ3v) is 4.14. The maximum Gasteiger partial charge on any atom is 0.139 e. The van der Waals surface area contributed by atoms with Gasteiger partial charge in [-0.15, -0.1) is 0 Å². The quantitative estimate of drug-likeness (QED) is 0.698. The molecule has 3 aromatic rings. The second-order valence-electron chi connectivity index (χ2n) is 4.54. The number of benzene rings is 2. The van der Waals surface area contributed by atoms with Crippen LogP contribution >= 0.6 is 15.9 Å². The van der Waals surface area contributed by atoms with Crippen molar-refractivity contribution in [2.75, 3.05) is 0 Å². The third kappa shape index (κ3) is 1.85. The van der Waals surface area contributed by atoms with Crippen molar-refractivity contribution in [3.63, 3.8) is 0 Å². The molecule has 2 nitrogen and oxygen atoms in total. The fraction of sp³-hybridized carbons (Fsp3) is 0.133. The van der Waals surface area contributed by atoms with E-state index >= 15 is 0 Å². The van der Waals surface area contributed by atoms with E-state index in [1.54, 1.807) is 0 Å². The minimum absolute atomic E-state index is 0.908. The van der Waals surface area contributed by atoms with E-state index < -0.39 is 0 Å². The molecule has 0 aliphatic carbocycles. The monoisotopic (exact) mass is 300 g/mol.